The number of carbonyl (C=O) groups excluding carboxylic acids is 1. The SMILES string of the molecule is [CH2]CCCC(C)C(=O)CCCCC. The molecule has 0 saturated carbocycles. The van der Waals surface area contributed by atoms with Crippen LogP contribution in [0.1, 0.15) is 58.8 Å². The van der Waals surface area contributed by atoms with Crippen molar-refractivity contribution in [1.29, 1.82) is 0 Å². The lowest BCUT2D eigenvalue weighted by Crippen LogP contribution is -2.10. The Labute approximate surface area is 82.9 Å². The normalized spacial score (nSPS) is 12.8. The number of rotatable bonds is 8. The molecule has 0 aromatic carbocycles. The fourth-order valence-electron chi connectivity index (χ4n) is 1.41. The van der Waals surface area contributed by atoms with Gasteiger partial charge in [-0.25, -0.2) is 0 Å². The molecule has 1 heteroatoms. The third-order valence-corrected chi connectivity index (χ3v) is 2.46. The Hall–Kier alpha value is -0.330. The van der Waals surface area contributed by atoms with Gasteiger partial charge in [-0.1, -0.05) is 46.5 Å². The maximum Gasteiger partial charge on any atom is 0.135 e. The molecule has 0 heterocycles. The number of unbranched alkanes of at least 4 members (excludes halogenated alkanes) is 3. The summed E-state index contributed by atoms with van der Waals surface area (Å²) < 4.78 is 0. The Bertz CT molecular complexity index is 129. The summed E-state index contributed by atoms with van der Waals surface area (Å²) in [4.78, 5) is 11.5. The standard InChI is InChI=1S/C12H23O/c1-4-6-8-10-12(13)11(3)9-7-5-2/h11H,2,4-10H2,1,3H3. The van der Waals surface area contributed by atoms with Gasteiger partial charge in [0.05, 0.1) is 0 Å². The number of hydrogen-bond acceptors (Lipinski definition) is 1. The van der Waals surface area contributed by atoms with Gasteiger partial charge < -0.3 is 0 Å². The van der Waals surface area contributed by atoms with Crippen molar-refractivity contribution < 1.29 is 4.79 Å². The molecule has 1 nitrogen and oxygen atoms in total. The second-order valence-electron chi connectivity index (χ2n) is 3.82. The Balaban J connectivity index is 3.45. The second kappa shape index (κ2) is 8.28. The summed E-state index contributed by atoms with van der Waals surface area (Å²) in [6.07, 6.45) is 7.30. The minimum absolute atomic E-state index is 0.263. The van der Waals surface area contributed by atoms with Crippen LogP contribution in [0.3, 0.4) is 0 Å². The van der Waals surface area contributed by atoms with Gasteiger partial charge in [0.25, 0.3) is 0 Å². The van der Waals surface area contributed by atoms with Gasteiger partial charge in [0.15, 0.2) is 0 Å². The van der Waals surface area contributed by atoms with Gasteiger partial charge in [-0.2, -0.15) is 0 Å². The lowest BCUT2D eigenvalue weighted by molar-refractivity contribution is -0.122. The molecular weight excluding hydrogens is 160 g/mol. The highest BCUT2D eigenvalue weighted by atomic mass is 16.1. The molecule has 0 amide bonds. The van der Waals surface area contributed by atoms with Crippen molar-refractivity contribution in [1.82, 2.24) is 0 Å². The zero-order valence-electron chi connectivity index (χ0n) is 9.14. The predicted molar refractivity (Wildman–Crippen MR) is 57.5 cm³/mol. The van der Waals surface area contributed by atoms with Crippen molar-refractivity contribution in [3.8, 4) is 0 Å². The van der Waals surface area contributed by atoms with Crippen LogP contribution in [0.2, 0.25) is 0 Å². The Morgan fingerprint density at radius 2 is 2.00 bits per heavy atom. The van der Waals surface area contributed by atoms with E-state index in [4.69, 9.17) is 0 Å². The van der Waals surface area contributed by atoms with E-state index in [2.05, 4.69) is 13.8 Å². The first-order valence-electron chi connectivity index (χ1n) is 5.54. The fraction of sp³-hybridized carbons (Fsp3) is 0.833. The van der Waals surface area contributed by atoms with Gasteiger partial charge in [0, 0.05) is 12.3 Å². The lowest BCUT2D eigenvalue weighted by Gasteiger charge is -2.08. The Morgan fingerprint density at radius 3 is 2.54 bits per heavy atom. The first-order chi connectivity index (χ1) is 6.22. The maximum atomic E-state index is 11.5. The zero-order valence-corrected chi connectivity index (χ0v) is 9.14. The van der Waals surface area contributed by atoms with Crippen LogP contribution in [0.25, 0.3) is 0 Å². The van der Waals surface area contributed by atoms with E-state index in [9.17, 15) is 4.79 Å². The summed E-state index contributed by atoms with van der Waals surface area (Å²) in [7, 11) is 0. The largest absolute Gasteiger partial charge is 0.299 e. The van der Waals surface area contributed by atoms with Crippen LogP contribution in [-0.2, 0) is 4.79 Å². The van der Waals surface area contributed by atoms with Crippen molar-refractivity contribution in [3.63, 3.8) is 0 Å². The summed E-state index contributed by atoms with van der Waals surface area (Å²) in [6, 6.07) is 0. The fourth-order valence-corrected chi connectivity index (χ4v) is 1.41. The van der Waals surface area contributed by atoms with Gasteiger partial charge >= 0.3 is 0 Å². The first-order valence-corrected chi connectivity index (χ1v) is 5.54. The van der Waals surface area contributed by atoms with Gasteiger partial charge in [0.2, 0.25) is 0 Å². The Morgan fingerprint density at radius 1 is 1.31 bits per heavy atom. The number of Topliss-reactive ketones (excluding diaryl/α,β-unsaturated/α-hetero) is 1. The highest BCUT2D eigenvalue weighted by molar-refractivity contribution is 5.80. The van der Waals surface area contributed by atoms with E-state index in [0.717, 1.165) is 32.1 Å². The monoisotopic (exact) mass is 183 g/mol. The van der Waals surface area contributed by atoms with Crippen molar-refractivity contribution >= 4 is 5.78 Å². The van der Waals surface area contributed by atoms with Gasteiger partial charge in [0.1, 0.15) is 5.78 Å². The first kappa shape index (κ1) is 12.7. The highest BCUT2D eigenvalue weighted by Crippen LogP contribution is 2.12. The number of carbonyl (C=O) groups is 1. The van der Waals surface area contributed by atoms with E-state index in [0.29, 0.717) is 5.78 Å². The molecule has 1 unspecified atom stereocenters. The van der Waals surface area contributed by atoms with E-state index >= 15 is 0 Å². The third-order valence-electron chi connectivity index (χ3n) is 2.46. The Kier molecular flexibility index (Phi) is 8.07. The van der Waals surface area contributed by atoms with E-state index in [1.807, 2.05) is 6.92 Å². The number of hydrogen-bond donors (Lipinski definition) is 0. The van der Waals surface area contributed by atoms with Gasteiger partial charge in [-0.15, -0.1) is 0 Å². The average Bonchev–Trinajstić information content (AvgIpc) is 2.14. The van der Waals surface area contributed by atoms with Crippen LogP contribution in [0.5, 0.6) is 0 Å². The summed E-state index contributed by atoms with van der Waals surface area (Å²) in [5, 5.41) is 0. The summed E-state index contributed by atoms with van der Waals surface area (Å²) in [5.41, 5.74) is 0. The molecule has 0 fully saturated rings. The molecule has 0 bridgehead atoms. The summed E-state index contributed by atoms with van der Waals surface area (Å²) in [6.45, 7) is 7.99. The van der Waals surface area contributed by atoms with E-state index in [1.165, 1.54) is 12.8 Å². The molecule has 0 aromatic heterocycles. The van der Waals surface area contributed by atoms with Crippen LogP contribution >= 0.6 is 0 Å². The zero-order chi connectivity index (χ0) is 10.1. The maximum absolute atomic E-state index is 11.5. The highest BCUT2D eigenvalue weighted by Gasteiger charge is 2.10. The molecule has 13 heavy (non-hydrogen) atoms. The van der Waals surface area contributed by atoms with Crippen LogP contribution in [0.4, 0.5) is 0 Å². The molecule has 0 aliphatic heterocycles. The molecule has 0 aromatic rings. The number of ketones is 1. The molecule has 1 radical (unpaired) electrons. The second-order valence-corrected chi connectivity index (χ2v) is 3.82. The predicted octanol–water partition coefficient (Wildman–Crippen LogP) is 3.78. The van der Waals surface area contributed by atoms with Crippen molar-refractivity contribution in [2.75, 3.05) is 0 Å². The van der Waals surface area contributed by atoms with Gasteiger partial charge in [-0.3, -0.25) is 4.79 Å². The molecule has 0 aliphatic rings. The van der Waals surface area contributed by atoms with Crippen LogP contribution in [0.15, 0.2) is 0 Å². The van der Waals surface area contributed by atoms with E-state index < -0.39 is 0 Å². The van der Waals surface area contributed by atoms with Crippen LogP contribution < -0.4 is 0 Å². The van der Waals surface area contributed by atoms with Crippen molar-refractivity contribution in [2.45, 2.75) is 58.8 Å². The minimum Gasteiger partial charge on any atom is -0.299 e. The minimum atomic E-state index is 0.263. The quantitative estimate of drug-likeness (QED) is 0.523. The third kappa shape index (κ3) is 6.80. The molecule has 77 valence electrons. The summed E-state index contributed by atoms with van der Waals surface area (Å²) >= 11 is 0. The average molecular weight is 183 g/mol. The molecular formula is C12H23O. The van der Waals surface area contributed by atoms with E-state index in [1.54, 1.807) is 0 Å². The van der Waals surface area contributed by atoms with Gasteiger partial charge in [-0.05, 0) is 12.8 Å². The van der Waals surface area contributed by atoms with Crippen molar-refractivity contribution in [3.05, 3.63) is 6.92 Å². The van der Waals surface area contributed by atoms with Crippen LogP contribution in [-0.4, -0.2) is 5.78 Å². The molecule has 0 saturated heterocycles. The smallest absolute Gasteiger partial charge is 0.135 e. The van der Waals surface area contributed by atoms with E-state index in [-0.39, 0.29) is 5.92 Å². The van der Waals surface area contributed by atoms with Crippen LogP contribution in [0, 0.1) is 12.8 Å². The topological polar surface area (TPSA) is 17.1 Å². The molecule has 1 atom stereocenters. The lowest BCUT2D eigenvalue weighted by atomic mass is 9.96. The molecule has 0 spiro atoms. The molecule has 0 aliphatic carbocycles. The molecule has 0 N–H and O–H groups in total. The van der Waals surface area contributed by atoms with Crippen molar-refractivity contribution in [2.24, 2.45) is 5.92 Å². The molecule has 0 rings (SSSR count). The summed E-state index contributed by atoms with van der Waals surface area (Å²) in [5.74, 6) is 0.709.